The van der Waals surface area contributed by atoms with Crippen molar-refractivity contribution in [3.05, 3.63) is 192 Å². The van der Waals surface area contributed by atoms with E-state index in [-0.39, 0.29) is 20.1 Å². The average Bonchev–Trinajstić information content (AvgIpc) is 3.31. The van der Waals surface area contributed by atoms with E-state index in [0.717, 1.165) is 0 Å². The SMILES string of the molecule is C1=CCC/C=C\CC1.F[B-](F)(F)F.F[B-](F)(F)F.F[B-](F)(F)F.F[B-](F)(F)F.[Ir].c1ccc(P(c2ccccc2)c2ccc3c(c2-c2c(P(c4ccccc4)c4ccccc4)ccc4c2CCCC4)CCCC3)cc1. The van der Waals surface area contributed by atoms with Gasteiger partial charge < -0.3 is 69.1 Å². The summed E-state index contributed by atoms with van der Waals surface area (Å²) in [7, 11) is -25.5. The van der Waals surface area contributed by atoms with Crippen LogP contribution in [0.4, 0.5) is 69.1 Å². The van der Waals surface area contributed by atoms with Crippen LogP contribution in [0, 0.1) is 0 Å². The van der Waals surface area contributed by atoms with Crippen LogP contribution in [0.1, 0.15) is 73.6 Å². The first kappa shape index (κ1) is 64.7. The molecular weight excluding hydrogens is 1230 g/mol. The number of hydrogen-bond acceptors (Lipinski definition) is 0. The summed E-state index contributed by atoms with van der Waals surface area (Å²) in [6.45, 7) is 0. The van der Waals surface area contributed by atoms with Gasteiger partial charge in [-0.1, -0.05) is 170 Å². The fraction of sp³-hybridized carbons (Fsp3) is 0.231. The standard InChI is InChI=1S/C44H40P2.C8H12.4BF4.Ir/c1-5-19-35(20-6-1)45(36-21-7-2-8-22-36)41-31-29-33-17-13-15-27-39(33)43(41)44-40-28-16-14-18-34(40)30-32-42(44)46(37-23-9-3-10-24-37)38-25-11-4-12-26-38;1-2-4-6-8-7-5-3-1;4*2-1(3,4)5;/h1-12,19-26,29-32H,13-18,27-28H2;1-2,7-8H,3-6H2;;;;;/q;;4*-1;/b;2-1-,8-7?;;;;;. The van der Waals surface area contributed by atoms with Crippen LogP contribution in [0.15, 0.2) is 170 Å². The molecule has 0 atom stereocenters. The second kappa shape index (κ2) is 31.6. The minimum Gasteiger partial charge on any atom is -0.418 e. The molecule has 6 aromatic carbocycles. The third kappa shape index (κ3) is 25.4. The van der Waals surface area contributed by atoms with Gasteiger partial charge in [0.05, 0.1) is 0 Å². The summed E-state index contributed by atoms with van der Waals surface area (Å²) in [6.07, 6.45) is 23.8. The fourth-order valence-electron chi connectivity index (χ4n) is 8.58. The summed E-state index contributed by atoms with van der Waals surface area (Å²) in [6, 6.07) is 55.5. The summed E-state index contributed by atoms with van der Waals surface area (Å²) in [5.74, 6) is 0. The van der Waals surface area contributed by atoms with Crippen molar-refractivity contribution >= 4 is 76.7 Å². The minimum absolute atomic E-state index is 0. The quantitative estimate of drug-likeness (QED) is 0.0647. The van der Waals surface area contributed by atoms with Gasteiger partial charge in [0.25, 0.3) is 0 Å². The Morgan fingerprint density at radius 2 is 0.493 bits per heavy atom. The van der Waals surface area contributed by atoms with Gasteiger partial charge in [0, 0.05) is 20.1 Å². The normalized spacial score (nSPS) is 14.5. The van der Waals surface area contributed by atoms with Gasteiger partial charge in [0.1, 0.15) is 0 Å². The van der Waals surface area contributed by atoms with E-state index in [1.807, 2.05) is 0 Å². The maximum Gasteiger partial charge on any atom is 0.673 e. The van der Waals surface area contributed by atoms with E-state index < -0.39 is 44.9 Å². The van der Waals surface area contributed by atoms with Crippen LogP contribution in [-0.4, -0.2) is 29.0 Å². The van der Waals surface area contributed by atoms with Gasteiger partial charge in [-0.15, -0.1) is 0 Å². The molecule has 9 rings (SSSR count). The zero-order valence-electron chi connectivity index (χ0n) is 40.2. The Bertz CT molecular complexity index is 2320. The molecule has 3 aliphatic carbocycles. The summed E-state index contributed by atoms with van der Waals surface area (Å²) in [5, 5.41) is 8.79. The summed E-state index contributed by atoms with van der Waals surface area (Å²) < 4.78 is 156. The van der Waals surface area contributed by atoms with Gasteiger partial charge in [-0.05, 0) is 158 Å². The molecule has 23 heteroatoms. The van der Waals surface area contributed by atoms with Gasteiger partial charge in [0.15, 0.2) is 0 Å². The van der Waals surface area contributed by atoms with Crippen LogP contribution >= 0.6 is 15.8 Å². The zero-order valence-corrected chi connectivity index (χ0v) is 44.4. The first-order valence-electron chi connectivity index (χ1n) is 23.8. The number of fused-ring (bicyclic) bond motifs is 2. The topological polar surface area (TPSA) is 0 Å². The number of hydrogen-bond donors (Lipinski definition) is 0. The molecule has 0 heterocycles. The van der Waals surface area contributed by atoms with Crippen molar-refractivity contribution in [2.75, 3.05) is 0 Å². The monoisotopic (exact) mass is 1280 g/mol. The third-order valence-corrected chi connectivity index (χ3v) is 16.1. The Hall–Kier alpha value is -4.55. The third-order valence-electron chi connectivity index (χ3n) is 11.1. The van der Waals surface area contributed by atoms with E-state index in [9.17, 15) is 69.1 Å². The number of allylic oxidation sites excluding steroid dienone is 4. The molecule has 6 aromatic rings. The first-order chi connectivity index (χ1) is 34.9. The Morgan fingerprint density at radius 3 is 0.720 bits per heavy atom. The van der Waals surface area contributed by atoms with E-state index in [1.54, 1.807) is 33.4 Å². The van der Waals surface area contributed by atoms with Crippen molar-refractivity contribution in [2.24, 2.45) is 0 Å². The van der Waals surface area contributed by atoms with Gasteiger partial charge >= 0.3 is 29.0 Å². The first-order valence-corrected chi connectivity index (χ1v) is 26.4. The van der Waals surface area contributed by atoms with E-state index in [1.165, 1.54) is 109 Å². The van der Waals surface area contributed by atoms with E-state index in [0.29, 0.717) is 0 Å². The Morgan fingerprint density at radius 1 is 0.280 bits per heavy atom. The molecule has 0 saturated heterocycles. The van der Waals surface area contributed by atoms with Crippen molar-refractivity contribution in [2.45, 2.75) is 77.0 Å². The van der Waals surface area contributed by atoms with Crippen LogP contribution in [0.25, 0.3) is 11.1 Å². The van der Waals surface area contributed by atoms with E-state index >= 15 is 0 Å². The van der Waals surface area contributed by atoms with Gasteiger partial charge in [-0.25, -0.2) is 0 Å². The smallest absolute Gasteiger partial charge is 0.418 e. The Balaban J connectivity index is 0.000000419. The molecule has 0 spiro atoms. The average molecular weight is 1280 g/mol. The zero-order chi connectivity index (χ0) is 54.4. The van der Waals surface area contributed by atoms with Gasteiger partial charge in [-0.3, -0.25) is 0 Å². The summed E-state index contributed by atoms with van der Waals surface area (Å²) in [5.41, 5.74) is 9.54. The predicted molar refractivity (Wildman–Crippen MR) is 280 cm³/mol. The number of rotatable bonds is 7. The molecule has 0 unspecified atom stereocenters. The maximum absolute atomic E-state index is 9.75. The van der Waals surface area contributed by atoms with Crippen molar-refractivity contribution in [1.29, 1.82) is 0 Å². The molecule has 3 aliphatic rings. The molecule has 0 N–H and O–H groups in total. The van der Waals surface area contributed by atoms with Crippen molar-refractivity contribution in [3.63, 3.8) is 0 Å². The minimum atomic E-state index is -6.00. The van der Waals surface area contributed by atoms with E-state index in [4.69, 9.17) is 0 Å². The fourth-order valence-corrected chi connectivity index (χ4v) is 13.6. The molecule has 75 heavy (non-hydrogen) atoms. The molecule has 0 saturated carbocycles. The largest absolute Gasteiger partial charge is 0.673 e. The van der Waals surface area contributed by atoms with E-state index in [2.05, 4.69) is 170 Å². The number of halogens is 16. The second-order valence-electron chi connectivity index (χ2n) is 16.7. The van der Waals surface area contributed by atoms with Crippen LogP contribution < -0.4 is 31.8 Å². The van der Waals surface area contributed by atoms with Crippen molar-refractivity contribution in [3.8, 4) is 11.1 Å². The van der Waals surface area contributed by atoms with Crippen molar-refractivity contribution in [1.82, 2.24) is 0 Å². The molecule has 0 amide bonds. The summed E-state index contributed by atoms with van der Waals surface area (Å²) >= 11 is 0. The molecule has 1 radical (unpaired) electrons. The maximum atomic E-state index is 9.75. The second-order valence-corrected chi connectivity index (χ2v) is 21.1. The molecule has 407 valence electrons. The number of benzene rings is 6. The molecule has 0 aromatic heterocycles. The van der Waals surface area contributed by atoms with Crippen LogP contribution in [0.5, 0.6) is 0 Å². The molecule has 0 nitrogen and oxygen atoms in total. The van der Waals surface area contributed by atoms with Gasteiger partial charge in [0.2, 0.25) is 0 Å². The molecule has 0 fully saturated rings. The van der Waals surface area contributed by atoms with Crippen LogP contribution in [0.2, 0.25) is 0 Å². The molecule has 0 bridgehead atoms. The Labute approximate surface area is 444 Å². The predicted octanol–water partition coefficient (Wildman–Crippen LogP) is 16.5. The molecular formula is C52H52B4F16IrP2-4. The van der Waals surface area contributed by atoms with Gasteiger partial charge in [-0.2, -0.15) is 0 Å². The molecule has 0 aliphatic heterocycles. The van der Waals surface area contributed by atoms with Crippen molar-refractivity contribution < 1.29 is 89.2 Å². The summed E-state index contributed by atoms with van der Waals surface area (Å²) in [4.78, 5) is 0. The van der Waals surface area contributed by atoms with Crippen LogP contribution in [0.3, 0.4) is 0 Å². The number of aryl methyl sites for hydroxylation is 2. The van der Waals surface area contributed by atoms with Crippen LogP contribution in [-0.2, 0) is 45.8 Å². The Kier molecular flexibility index (Phi) is 27.3.